The van der Waals surface area contributed by atoms with Crippen molar-refractivity contribution in [2.75, 3.05) is 20.2 Å². The van der Waals surface area contributed by atoms with E-state index in [0.717, 1.165) is 6.42 Å². The summed E-state index contributed by atoms with van der Waals surface area (Å²) < 4.78 is 5.00. The molecule has 0 atom stereocenters. The molecule has 0 radical (unpaired) electrons. The summed E-state index contributed by atoms with van der Waals surface area (Å²) in [5.41, 5.74) is 2.23. The minimum absolute atomic E-state index is 0.150. The van der Waals surface area contributed by atoms with Crippen LogP contribution in [-0.2, 0) is 20.7 Å². The van der Waals surface area contributed by atoms with Gasteiger partial charge in [0.05, 0.1) is 12.2 Å². The highest BCUT2D eigenvalue weighted by Gasteiger charge is 2.21. The van der Waals surface area contributed by atoms with E-state index >= 15 is 0 Å². The average molecular weight is 314 g/mol. The highest BCUT2D eigenvalue weighted by atomic mass is 16.5. The summed E-state index contributed by atoms with van der Waals surface area (Å²) in [6.45, 7) is 2.64. The van der Waals surface area contributed by atoms with Gasteiger partial charge in [-0.2, -0.15) is 0 Å². The minimum Gasteiger partial charge on any atom is -0.463 e. The molecule has 0 fully saturated rings. The number of nitrogens with zero attached hydrogens (tertiary/aromatic N) is 1. The van der Waals surface area contributed by atoms with Gasteiger partial charge in [0.2, 0.25) is 5.91 Å². The molecule has 1 aliphatic heterocycles. The van der Waals surface area contributed by atoms with Crippen molar-refractivity contribution in [3.8, 4) is 0 Å². The fourth-order valence-corrected chi connectivity index (χ4v) is 2.39. The third-order valence-electron chi connectivity index (χ3n) is 3.47. The molecule has 5 heteroatoms. The van der Waals surface area contributed by atoms with Crippen LogP contribution in [-0.4, -0.2) is 37.0 Å². The first kappa shape index (κ1) is 16.8. The zero-order chi connectivity index (χ0) is 16.7. The fraction of sp³-hybridized carbons (Fsp3) is 0.333. The number of carbonyl (C=O) groups excluding carboxylic acids is 2. The van der Waals surface area contributed by atoms with E-state index in [-0.39, 0.29) is 11.9 Å². The summed E-state index contributed by atoms with van der Waals surface area (Å²) >= 11 is 0. The molecule has 1 amide bonds. The van der Waals surface area contributed by atoms with E-state index in [0.29, 0.717) is 30.7 Å². The summed E-state index contributed by atoms with van der Waals surface area (Å²) in [5.74, 6) is -0.523. The first-order chi connectivity index (χ1) is 11.1. The third kappa shape index (κ3) is 4.98. The van der Waals surface area contributed by atoms with Crippen LogP contribution in [0, 0.1) is 0 Å². The normalized spacial score (nSPS) is 13.9. The lowest BCUT2D eigenvalue weighted by Gasteiger charge is -2.20. The Hall–Kier alpha value is -2.56. The van der Waals surface area contributed by atoms with Crippen molar-refractivity contribution in [1.29, 1.82) is 0 Å². The number of benzene rings is 1. The molecule has 122 valence electrons. The zero-order valence-corrected chi connectivity index (χ0v) is 13.5. The minimum atomic E-state index is -0.373. The van der Waals surface area contributed by atoms with E-state index in [1.807, 2.05) is 30.3 Å². The van der Waals surface area contributed by atoms with Gasteiger partial charge in [-0.3, -0.25) is 4.79 Å². The molecular formula is C18H22N2O3. The molecule has 1 heterocycles. The summed E-state index contributed by atoms with van der Waals surface area (Å²) in [4.78, 5) is 25.8. The Kier molecular flexibility index (Phi) is 5.97. The molecule has 0 unspecified atom stereocenters. The first-order valence-corrected chi connectivity index (χ1v) is 7.72. The summed E-state index contributed by atoms with van der Waals surface area (Å²) in [6.07, 6.45) is 4.50. The second-order valence-electron chi connectivity index (χ2n) is 5.36. The van der Waals surface area contributed by atoms with Gasteiger partial charge in [0.25, 0.3) is 0 Å². The van der Waals surface area contributed by atoms with Crippen LogP contribution >= 0.6 is 0 Å². The number of amides is 1. The van der Waals surface area contributed by atoms with Crippen LogP contribution in [0.1, 0.15) is 18.9 Å². The van der Waals surface area contributed by atoms with Crippen LogP contribution in [0.4, 0.5) is 0 Å². The Morgan fingerprint density at radius 3 is 2.57 bits per heavy atom. The first-order valence-electron chi connectivity index (χ1n) is 7.72. The molecule has 23 heavy (non-hydrogen) atoms. The number of rotatable bonds is 6. The van der Waals surface area contributed by atoms with E-state index in [2.05, 4.69) is 5.32 Å². The largest absolute Gasteiger partial charge is 0.463 e. The van der Waals surface area contributed by atoms with E-state index in [1.54, 1.807) is 31.3 Å². The van der Waals surface area contributed by atoms with Crippen LogP contribution in [0.2, 0.25) is 0 Å². The molecule has 0 saturated carbocycles. The second-order valence-corrected chi connectivity index (χ2v) is 5.36. The summed E-state index contributed by atoms with van der Waals surface area (Å²) in [7, 11) is 1.79. The lowest BCUT2D eigenvalue weighted by molar-refractivity contribution is -0.138. The van der Waals surface area contributed by atoms with Crippen LogP contribution in [0.25, 0.3) is 0 Å². The molecule has 1 aromatic rings. The molecule has 2 rings (SSSR count). The second kappa shape index (κ2) is 8.17. The molecule has 1 N–H and O–H groups in total. The van der Waals surface area contributed by atoms with Gasteiger partial charge in [-0.1, -0.05) is 30.3 Å². The number of nitrogens with one attached hydrogen (secondary N) is 1. The lowest BCUT2D eigenvalue weighted by Crippen LogP contribution is -2.30. The maximum absolute atomic E-state index is 12.3. The molecule has 5 nitrogen and oxygen atoms in total. The van der Waals surface area contributed by atoms with Gasteiger partial charge < -0.3 is 15.0 Å². The molecule has 0 spiro atoms. The van der Waals surface area contributed by atoms with Crippen LogP contribution in [0.5, 0.6) is 0 Å². The Labute approximate surface area is 136 Å². The number of hydrogen-bond acceptors (Lipinski definition) is 4. The van der Waals surface area contributed by atoms with Crippen LogP contribution in [0.15, 0.2) is 53.9 Å². The molecule has 1 aliphatic rings. The van der Waals surface area contributed by atoms with Gasteiger partial charge in [0.15, 0.2) is 0 Å². The SMILES string of the molecule is CCOC(=O)C1=CN(C)C=C(C(=O)NCCc2ccccc2)C1. The molecule has 0 aromatic heterocycles. The van der Waals surface area contributed by atoms with Gasteiger partial charge in [-0.15, -0.1) is 0 Å². The number of esters is 1. The van der Waals surface area contributed by atoms with Crippen LogP contribution < -0.4 is 5.32 Å². The van der Waals surface area contributed by atoms with Gasteiger partial charge in [-0.25, -0.2) is 4.79 Å². The predicted molar refractivity (Wildman–Crippen MR) is 88.3 cm³/mol. The Bertz CT molecular complexity index is 620. The molecule has 0 saturated heterocycles. The van der Waals surface area contributed by atoms with Crippen molar-refractivity contribution in [3.63, 3.8) is 0 Å². The third-order valence-corrected chi connectivity index (χ3v) is 3.47. The van der Waals surface area contributed by atoms with E-state index in [9.17, 15) is 9.59 Å². The van der Waals surface area contributed by atoms with Gasteiger partial charge in [0.1, 0.15) is 0 Å². The van der Waals surface area contributed by atoms with Crippen molar-refractivity contribution < 1.29 is 14.3 Å². The average Bonchev–Trinajstić information content (AvgIpc) is 2.55. The summed E-state index contributed by atoms with van der Waals surface area (Å²) in [6, 6.07) is 9.98. The molecular weight excluding hydrogens is 292 g/mol. The van der Waals surface area contributed by atoms with Crippen molar-refractivity contribution in [2.45, 2.75) is 19.8 Å². The Morgan fingerprint density at radius 2 is 1.87 bits per heavy atom. The predicted octanol–water partition coefficient (Wildman–Crippen LogP) is 2.01. The van der Waals surface area contributed by atoms with Crippen molar-refractivity contribution in [3.05, 3.63) is 59.4 Å². The smallest absolute Gasteiger partial charge is 0.335 e. The highest BCUT2D eigenvalue weighted by Crippen LogP contribution is 2.19. The molecule has 0 aliphatic carbocycles. The summed E-state index contributed by atoms with van der Waals surface area (Å²) in [5, 5.41) is 2.90. The van der Waals surface area contributed by atoms with Crippen LogP contribution in [0.3, 0.4) is 0 Å². The molecule has 0 bridgehead atoms. The maximum Gasteiger partial charge on any atom is 0.335 e. The van der Waals surface area contributed by atoms with Crippen molar-refractivity contribution >= 4 is 11.9 Å². The number of carbonyl (C=O) groups is 2. The topological polar surface area (TPSA) is 58.6 Å². The zero-order valence-electron chi connectivity index (χ0n) is 13.5. The lowest BCUT2D eigenvalue weighted by atomic mass is 10.0. The number of ether oxygens (including phenoxy) is 1. The highest BCUT2D eigenvalue weighted by molar-refractivity contribution is 5.98. The standard InChI is InChI=1S/C18H22N2O3/c1-3-23-18(22)16-11-15(12-20(2)13-16)17(21)19-10-9-14-7-5-4-6-8-14/h4-8,12-13H,3,9-11H2,1-2H3,(H,19,21). The van der Waals surface area contributed by atoms with Crippen molar-refractivity contribution in [2.24, 2.45) is 0 Å². The van der Waals surface area contributed by atoms with E-state index in [1.165, 1.54) is 5.56 Å². The van der Waals surface area contributed by atoms with E-state index < -0.39 is 0 Å². The van der Waals surface area contributed by atoms with Gasteiger partial charge in [0, 0.05) is 38.0 Å². The van der Waals surface area contributed by atoms with Crippen molar-refractivity contribution in [1.82, 2.24) is 10.2 Å². The monoisotopic (exact) mass is 314 g/mol. The number of hydrogen-bond donors (Lipinski definition) is 1. The van der Waals surface area contributed by atoms with Gasteiger partial charge >= 0.3 is 5.97 Å². The van der Waals surface area contributed by atoms with Gasteiger partial charge in [-0.05, 0) is 18.9 Å². The fourth-order valence-electron chi connectivity index (χ4n) is 2.39. The quantitative estimate of drug-likeness (QED) is 0.816. The van der Waals surface area contributed by atoms with E-state index in [4.69, 9.17) is 4.74 Å². The Balaban J connectivity index is 1.88. The maximum atomic E-state index is 12.3. The molecule has 1 aromatic carbocycles. The Morgan fingerprint density at radius 1 is 1.17 bits per heavy atom.